The summed E-state index contributed by atoms with van der Waals surface area (Å²) in [5, 5.41) is 41.5. The minimum atomic E-state index is -1.08. The molecule has 0 saturated carbocycles. The van der Waals surface area contributed by atoms with Gasteiger partial charge in [-0.25, -0.2) is 0 Å². The zero-order valence-electron chi connectivity index (χ0n) is 17.2. The van der Waals surface area contributed by atoms with Gasteiger partial charge in [0.1, 0.15) is 0 Å². The van der Waals surface area contributed by atoms with Crippen LogP contribution in [0.1, 0.15) is 34.6 Å². The number of carbonyl (C=O) groups excluding carboxylic acids is 3. The normalized spacial score (nSPS) is 5.74. The van der Waals surface area contributed by atoms with Crippen LogP contribution in [0.2, 0.25) is 0 Å². The van der Waals surface area contributed by atoms with Crippen molar-refractivity contribution in [1.82, 2.24) is 0 Å². The first-order valence-electron chi connectivity index (χ1n) is 5.90. The maximum Gasteiger partial charge on any atom is 1.00 e. The molecule has 0 aromatic rings. The standard InChI is InChI=1S/C2H8N2.5C2H4O2.3Na/c3-1-2-4;5*1-2(3)4;;;/h1-4H2;5*1H3,(H,3,4);;;/q;;;;;;3*+1/p-3. The third kappa shape index (κ3) is 9590. The van der Waals surface area contributed by atoms with E-state index in [0.29, 0.717) is 13.1 Å². The Balaban J connectivity index is -0.0000000201. The maximum absolute atomic E-state index is 9.00. The summed E-state index contributed by atoms with van der Waals surface area (Å²) in [6, 6.07) is 0. The molecule has 0 aromatic heterocycles. The Kier molecular flexibility index (Phi) is 117. The molecule has 0 fully saturated rings. The SMILES string of the molecule is CC(=O)O.CC(=O)O.CC(=O)[O-].CC(=O)[O-].CC(=O)[O-].NCCN.[Na+].[Na+].[Na+]. The molecule has 146 valence electrons. The van der Waals surface area contributed by atoms with Crippen LogP contribution in [0.5, 0.6) is 0 Å². The van der Waals surface area contributed by atoms with Crippen LogP contribution in [0.15, 0.2) is 0 Å². The van der Waals surface area contributed by atoms with Gasteiger partial charge in [0, 0.05) is 44.8 Å². The van der Waals surface area contributed by atoms with E-state index in [9.17, 15) is 0 Å². The first-order valence-corrected chi connectivity index (χ1v) is 5.90. The first-order chi connectivity index (χ1) is 10.6. The molecule has 0 amide bonds. The van der Waals surface area contributed by atoms with Crippen LogP contribution in [-0.4, -0.2) is 53.1 Å². The smallest absolute Gasteiger partial charge is 0.550 e. The average molecular weight is 426 g/mol. The Bertz CT molecular complexity index is 254. The van der Waals surface area contributed by atoms with Gasteiger partial charge in [-0.3, -0.25) is 9.59 Å². The van der Waals surface area contributed by atoms with E-state index in [1.54, 1.807) is 0 Å². The summed E-state index contributed by atoms with van der Waals surface area (Å²) in [6.07, 6.45) is 0. The molecular weight excluding hydrogens is 401 g/mol. The molecule has 0 radical (unpaired) electrons. The maximum atomic E-state index is 9.00. The van der Waals surface area contributed by atoms with Crippen LogP contribution in [0.3, 0.4) is 0 Å². The minimum absolute atomic E-state index is 0. The Hall–Kier alpha value is 0.270. The van der Waals surface area contributed by atoms with Gasteiger partial charge in [-0.2, -0.15) is 0 Å². The van der Waals surface area contributed by atoms with Gasteiger partial charge in [-0.05, 0) is 20.8 Å². The second-order valence-corrected chi connectivity index (χ2v) is 3.09. The van der Waals surface area contributed by atoms with Crippen molar-refractivity contribution >= 4 is 29.8 Å². The second-order valence-electron chi connectivity index (χ2n) is 3.09. The minimum Gasteiger partial charge on any atom is -0.550 e. The fraction of sp³-hybridized carbons (Fsp3) is 0.583. The summed E-state index contributed by atoms with van der Waals surface area (Å²) in [5.74, 6) is -4.92. The zero-order chi connectivity index (χ0) is 21.3. The second kappa shape index (κ2) is 56.2. The molecule has 27 heavy (non-hydrogen) atoms. The zero-order valence-corrected chi connectivity index (χ0v) is 23.2. The topological polar surface area (TPSA) is 247 Å². The Morgan fingerprint density at radius 3 is 0.630 bits per heavy atom. The van der Waals surface area contributed by atoms with Crippen molar-refractivity contribution in [3.05, 3.63) is 0 Å². The number of nitrogens with two attached hydrogens (primary N) is 2. The van der Waals surface area contributed by atoms with Crippen LogP contribution < -0.4 is 115 Å². The molecule has 0 aliphatic carbocycles. The molecule has 12 nitrogen and oxygen atoms in total. The number of hydrogen-bond acceptors (Lipinski definition) is 10. The number of aliphatic carboxylic acids is 5. The largest absolute Gasteiger partial charge is 1.00 e. The molecule has 0 spiro atoms. The van der Waals surface area contributed by atoms with Gasteiger partial charge in [0.15, 0.2) is 0 Å². The number of hydrogen-bond donors (Lipinski definition) is 4. The average Bonchev–Trinajstić information content (AvgIpc) is 2.24. The van der Waals surface area contributed by atoms with E-state index < -0.39 is 29.8 Å². The Morgan fingerprint density at radius 1 is 0.593 bits per heavy atom. The Morgan fingerprint density at radius 2 is 0.630 bits per heavy atom. The number of carbonyl (C=O) groups is 5. The molecule has 15 heteroatoms. The quantitative estimate of drug-likeness (QED) is 0.285. The summed E-state index contributed by atoms with van der Waals surface area (Å²) in [6.45, 7) is 6.28. The molecule has 0 aromatic carbocycles. The molecule has 0 aliphatic heterocycles. The monoisotopic (exact) mass is 426 g/mol. The summed E-state index contributed by atoms with van der Waals surface area (Å²) in [5.41, 5.74) is 9.81. The third-order valence-electron chi connectivity index (χ3n) is 0.167. The van der Waals surface area contributed by atoms with Gasteiger partial charge in [-0.15, -0.1) is 0 Å². The molecule has 0 rings (SSSR count). The molecule has 0 saturated heterocycles. The predicted octanol–water partition coefficient (Wildman–Crippen LogP) is -13.6. The molecule has 0 bridgehead atoms. The van der Waals surface area contributed by atoms with Crippen molar-refractivity contribution < 1.29 is 138 Å². The number of carboxylic acid groups (broad SMARTS) is 5. The summed E-state index contributed by atoms with van der Waals surface area (Å²) >= 11 is 0. The van der Waals surface area contributed by atoms with Gasteiger partial charge in [0.25, 0.3) is 11.9 Å². The van der Waals surface area contributed by atoms with E-state index in [4.69, 9.17) is 61.0 Å². The van der Waals surface area contributed by atoms with E-state index in [2.05, 4.69) is 0 Å². The van der Waals surface area contributed by atoms with Crippen LogP contribution in [0.4, 0.5) is 0 Å². The van der Waals surface area contributed by atoms with E-state index in [1.807, 2.05) is 0 Å². The molecule has 0 unspecified atom stereocenters. The fourth-order valence-electron chi connectivity index (χ4n) is 0. The van der Waals surface area contributed by atoms with Gasteiger partial charge >= 0.3 is 88.7 Å². The summed E-state index contributed by atoms with van der Waals surface area (Å²) in [7, 11) is 0. The van der Waals surface area contributed by atoms with E-state index in [1.165, 1.54) is 0 Å². The van der Waals surface area contributed by atoms with Gasteiger partial charge in [0.05, 0.1) is 0 Å². The molecule has 0 atom stereocenters. The molecule has 6 N–H and O–H groups in total. The summed E-state index contributed by atoms with van der Waals surface area (Å²) in [4.78, 5) is 44.7. The molecule has 0 aliphatic rings. The van der Waals surface area contributed by atoms with Crippen molar-refractivity contribution in [2.45, 2.75) is 34.6 Å². The number of rotatable bonds is 1. The van der Waals surface area contributed by atoms with Gasteiger partial charge < -0.3 is 51.4 Å². The predicted molar refractivity (Wildman–Crippen MR) is 76.8 cm³/mol. The van der Waals surface area contributed by atoms with Crippen molar-refractivity contribution in [2.24, 2.45) is 11.5 Å². The van der Waals surface area contributed by atoms with Crippen molar-refractivity contribution in [3.63, 3.8) is 0 Å². The Labute approximate surface area is 224 Å². The number of carboxylic acids is 5. The fourth-order valence-corrected chi connectivity index (χ4v) is 0. The van der Waals surface area contributed by atoms with E-state index >= 15 is 0 Å². The van der Waals surface area contributed by atoms with Gasteiger partial charge in [0.2, 0.25) is 0 Å². The van der Waals surface area contributed by atoms with Crippen molar-refractivity contribution in [2.75, 3.05) is 13.1 Å². The first kappa shape index (κ1) is 56.4. The van der Waals surface area contributed by atoms with Crippen LogP contribution in [-0.2, 0) is 24.0 Å². The van der Waals surface area contributed by atoms with E-state index in [0.717, 1.165) is 34.6 Å². The summed E-state index contributed by atoms with van der Waals surface area (Å²) < 4.78 is 0. The van der Waals surface area contributed by atoms with Crippen molar-refractivity contribution in [3.8, 4) is 0 Å². The third-order valence-corrected chi connectivity index (χ3v) is 0.167. The molecular formula is C12H25N2Na3O10. The van der Waals surface area contributed by atoms with Crippen molar-refractivity contribution in [1.29, 1.82) is 0 Å². The van der Waals surface area contributed by atoms with E-state index in [-0.39, 0.29) is 88.7 Å². The molecule has 0 heterocycles. The van der Waals surface area contributed by atoms with Gasteiger partial charge in [-0.1, -0.05) is 0 Å². The van der Waals surface area contributed by atoms with Crippen LogP contribution in [0.25, 0.3) is 0 Å². The van der Waals surface area contributed by atoms with Crippen LogP contribution in [0, 0.1) is 0 Å². The van der Waals surface area contributed by atoms with Crippen LogP contribution >= 0.6 is 0 Å².